The van der Waals surface area contributed by atoms with Crippen molar-refractivity contribution in [1.82, 2.24) is 5.32 Å². The third-order valence-electron chi connectivity index (χ3n) is 3.00. The fourth-order valence-corrected chi connectivity index (χ4v) is 2.00. The first-order chi connectivity index (χ1) is 9.31. The van der Waals surface area contributed by atoms with Crippen LogP contribution in [-0.4, -0.2) is 46.7 Å². The van der Waals surface area contributed by atoms with Crippen molar-refractivity contribution < 1.29 is 18.9 Å². The molecule has 0 radical (unpaired) electrons. The topological polar surface area (TPSA) is 49.0 Å². The Morgan fingerprint density at radius 2 is 1.89 bits per heavy atom. The van der Waals surface area contributed by atoms with Gasteiger partial charge in [-0.1, -0.05) is 0 Å². The molecule has 0 bridgehead atoms. The molecule has 1 aliphatic heterocycles. The van der Waals surface area contributed by atoms with Crippen LogP contribution in [0.5, 0.6) is 11.5 Å². The van der Waals surface area contributed by atoms with Gasteiger partial charge in [0.15, 0.2) is 0 Å². The first kappa shape index (κ1) is 14.1. The lowest BCUT2D eigenvalue weighted by molar-refractivity contribution is -0.0864. The van der Waals surface area contributed by atoms with E-state index in [0.29, 0.717) is 19.8 Å². The molecule has 1 saturated heterocycles. The summed E-state index contributed by atoms with van der Waals surface area (Å²) in [5, 5.41) is 3.36. The highest BCUT2D eigenvalue weighted by atomic mass is 16.6. The number of hydrogen-bond acceptors (Lipinski definition) is 5. The van der Waals surface area contributed by atoms with E-state index in [4.69, 9.17) is 18.9 Å². The van der Waals surface area contributed by atoms with Crippen molar-refractivity contribution in [2.24, 2.45) is 0 Å². The molecule has 1 aromatic rings. The first-order valence-electron chi connectivity index (χ1n) is 6.44. The van der Waals surface area contributed by atoms with Gasteiger partial charge in [0, 0.05) is 19.2 Å². The SMILES string of the molecule is COc1cc(CNCC2COCCO2)cc(OC)c1. The molecule has 0 spiro atoms. The summed E-state index contributed by atoms with van der Waals surface area (Å²) in [6, 6.07) is 5.85. The van der Waals surface area contributed by atoms with Gasteiger partial charge < -0.3 is 24.3 Å². The highest BCUT2D eigenvalue weighted by molar-refractivity contribution is 5.38. The molecule has 1 atom stereocenters. The van der Waals surface area contributed by atoms with Crippen molar-refractivity contribution in [2.45, 2.75) is 12.6 Å². The lowest BCUT2D eigenvalue weighted by Crippen LogP contribution is -2.37. The van der Waals surface area contributed by atoms with Crippen LogP contribution in [-0.2, 0) is 16.0 Å². The van der Waals surface area contributed by atoms with E-state index in [1.165, 1.54) is 0 Å². The Morgan fingerprint density at radius 1 is 1.16 bits per heavy atom. The predicted molar refractivity (Wildman–Crippen MR) is 71.8 cm³/mol. The second-order valence-corrected chi connectivity index (χ2v) is 4.42. The third kappa shape index (κ3) is 4.38. The highest BCUT2D eigenvalue weighted by Gasteiger charge is 2.13. The molecule has 0 amide bonds. The zero-order valence-corrected chi connectivity index (χ0v) is 11.5. The monoisotopic (exact) mass is 267 g/mol. The lowest BCUT2D eigenvalue weighted by Gasteiger charge is -2.23. The molecule has 0 saturated carbocycles. The fourth-order valence-electron chi connectivity index (χ4n) is 2.00. The maximum atomic E-state index is 5.57. The molecule has 1 aromatic carbocycles. The van der Waals surface area contributed by atoms with Crippen molar-refractivity contribution in [2.75, 3.05) is 40.6 Å². The summed E-state index contributed by atoms with van der Waals surface area (Å²) in [4.78, 5) is 0. The molecule has 1 fully saturated rings. The quantitative estimate of drug-likeness (QED) is 0.839. The summed E-state index contributed by atoms with van der Waals surface area (Å²) in [6.45, 7) is 3.56. The van der Waals surface area contributed by atoms with E-state index in [2.05, 4.69) is 5.32 Å². The van der Waals surface area contributed by atoms with E-state index in [1.54, 1.807) is 14.2 Å². The van der Waals surface area contributed by atoms with Gasteiger partial charge in [-0.3, -0.25) is 0 Å². The maximum absolute atomic E-state index is 5.57. The standard InChI is InChI=1S/C14H21NO4/c1-16-12-5-11(6-13(7-12)17-2)8-15-9-14-10-18-3-4-19-14/h5-7,14-15H,3-4,8-10H2,1-2H3. The Hall–Kier alpha value is -1.30. The van der Waals surface area contributed by atoms with Crippen molar-refractivity contribution in [1.29, 1.82) is 0 Å². The Balaban J connectivity index is 1.84. The van der Waals surface area contributed by atoms with E-state index in [0.717, 1.165) is 30.2 Å². The Labute approximate surface area is 113 Å². The van der Waals surface area contributed by atoms with Crippen molar-refractivity contribution >= 4 is 0 Å². The number of hydrogen-bond donors (Lipinski definition) is 1. The van der Waals surface area contributed by atoms with E-state index < -0.39 is 0 Å². The summed E-state index contributed by atoms with van der Waals surface area (Å²) >= 11 is 0. The summed E-state index contributed by atoms with van der Waals surface area (Å²) in [5.74, 6) is 1.60. The van der Waals surface area contributed by atoms with Gasteiger partial charge in [-0.2, -0.15) is 0 Å². The summed E-state index contributed by atoms with van der Waals surface area (Å²) in [5.41, 5.74) is 1.12. The fraction of sp³-hybridized carbons (Fsp3) is 0.571. The minimum Gasteiger partial charge on any atom is -0.497 e. The molecule has 1 unspecified atom stereocenters. The normalized spacial score (nSPS) is 19.2. The number of nitrogens with one attached hydrogen (secondary N) is 1. The van der Waals surface area contributed by atoms with Gasteiger partial charge in [0.05, 0.1) is 40.1 Å². The minimum absolute atomic E-state index is 0.140. The molecule has 106 valence electrons. The van der Waals surface area contributed by atoms with Crippen LogP contribution in [0.3, 0.4) is 0 Å². The van der Waals surface area contributed by atoms with Gasteiger partial charge in [0.25, 0.3) is 0 Å². The largest absolute Gasteiger partial charge is 0.497 e. The van der Waals surface area contributed by atoms with Crippen LogP contribution in [0.15, 0.2) is 18.2 Å². The number of methoxy groups -OCH3 is 2. The minimum atomic E-state index is 0.140. The molecule has 5 heteroatoms. The van der Waals surface area contributed by atoms with Crippen LogP contribution in [0.25, 0.3) is 0 Å². The van der Waals surface area contributed by atoms with Gasteiger partial charge >= 0.3 is 0 Å². The van der Waals surface area contributed by atoms with Crippen LogP contribution in [0.4, 0.5) is 0 Å². The van der Waals surface area contributed by atoms with E-state index in [9.17, 15) is 0 Å². The van der Waals surface area contributed by atoms with Crippen LogP contribution >= 0.6 is 0 Å². The van der Waals surface area contributed by atoms with Crippen LogP contribution in [0.2, 0.25) is 0 Å². The van der Waals surface area contributed by atoms with Crippen molar-refractivity contribution in [3.63, 3.8) is 0 Å². The number of benzene rings is 1. The summed E-state index contributed by atoms with van der Waals surface area (Å²) in [6.07, 6.45) is 0.140. The Kier molecular flexibility index (Phi) is 5.44. The van der Waals surface area contributed by atoms with Crippen LogP contribution in [0.1, 0.15) is 5.56 Å². The van der Waals surface area contributed by atoms with E-state index in [1.807, 2.05) is 18.2 Å². The molecular formula is C14H21NO4. The smallest absolute Gasteiger partial charge is 0.122 e. The maximum Gasteiger partial charge on any atom is 0.122 e. The molecule has 2 rings (SSSR count). The zero-order chi connectivity index (χ0) is 13.5. The average Bonchev–Trinajstić information content (AvgIpc) is 2.48. The van der Waals surface area contributed by atoms with Crippen molar-refractivity contribution in [3.8, 4) is 11.5 Å². The molecule has 1 N–H and O–H groups in total. The first-order valence-corrected chi connectivity index (χ1v) is 6.44. The molecule has 0 aromatic heterocycles. The molecule has 1 aliphatic rings. The molecule has 19 heavy (non-hydrogen) atoms. The summed E-state index contributed by atoms with van der Waals surface area (Å²) in [7, 11) is 3.30. The van der Waals surface area contributed by atoms with E-state index in [-0.39, 0.29) is 6.10 Å². The van der Waals surface area contributed by atoms with Gasteiger partial charge in [-0.25, -0.2) is 0 Å². The zero-order valence-electron chi connectivity index (χ0n) is 11.5. The van der Waals surface area contributed by atoms with Gasteiger partial charge in [-0.05, 0) is 17.7 Å². The Morgan fingerprint density at radius 3 is 2.47 bits per heavy atom. The second-order valence-electron chi connectivity index (χ2n) is 4.42. The highest BCUT2D eigenvalue weighted by Crippen LogP contribution is 2.22. The molecule has 1 heterocycles. The van der Waals surface area contributed by atoms with Gasteiger partial charge in [0.2, 0.25) is 0 Å². The summed E-state index contributed by atoms with van der Waals surface area (Å²) < 4.78 is 21.4. The van der Waals surface area contributed by atoms with Crippen molar-refractivity contribution in [3.05, 3.63) is 23.8 Å². The predicted octanol–water partition coefficient (Wildman–Crippen LogP) is 1.21. The average molecular weight is 267 g/mol. The lowest BCUT2D eigenvalue weighted by atomic mass is 10.2. The number of ether oxygens (including phenoxy) is 4. The van der Waals surface area contributed by atoms with Crippen LogP contribution in [0, 0.1) is 0 Å². The Bertz CT molecular complexity index is 369. The van der Waals surface area contributed by atoms with E-state index >= 15 is 0 Å². The molecule has 5 nitrogen and oxygen atoms in total. The van der Waals surface area contributed by atoms with Gasteiger partial charge in [0.1, 0.15) is 11.5 Å². The van der Waals surface area contributed by atoms with Gasteiger partial charge in [-0.15, -0.1) is 0 Å². The van der Waals surface area contributed by atoms with Crippen LogP contribution < -0.4 is 14.8 Å². The molecule has 0 aliphatic carbocycles. The third-order valence-corrected chi connectivity index (χ3v) is 3.00. The molecular weight excluding hydrogens is 246 g/mol. The second kappa shape index (κ2) is 7.33. The number of rotatable bonds is 6.